The van der Waals surface area contributed by atoms with Crippen LogP contribution in [-0.2, 0) is 0 Å². The Kier molecular flexibility index (Phi) is 4.41. The van der Waals surface area contributed by atoms with Crippen molar-refractivity contribution in [3.8, 4) is 11.4 Å². The Morgan fingerprint density at radius 2 is 1.87 bits per heavy atom. The number of aromatic nitrogens is 5. The van der Waals surface area contributed by atoms with Gasteiger partial charge < -0.3 is 15.2 Å². The lowest BCUT2D eigenvalue weighted by atomic mass is 9.94. The van der Waals surface area contributed by atoms with Gasteiger partial charge in [0.15, 0.2) is 0 Å². The summed E-state index contributed by atoms with van der Waals surface area (Å²) in [5, 5.41) is 12.4. The number of H-pyrrole nitrogens is 2. The number of pyridine rings is 2. The average Bonchev–Trinajstić information content (AvgIpc) is 3.43. The molecule has 4 aromatic heterocycles. The molecule has 0 bridgehead atoms. The fourth-order valence-electron chi connectivity index (χ4n) is 5.00. The van der Waals surface area contributed by atoms with E-state index >= 15 is 0 Å². The lowest BCUT2D eigenvalue weighted by Gasteiger charge is -2.29. The van der Waals surface area contributed by atoms with Crippen LogP contribution in [0.15, 0.2) is 30.5 Å². The molecule has 30 heavy (non-hydrogen) atoms. The van der Waals surface area contributed by atoms with E-state index < -0.39 is 0 Å². The van der Waals surface area contributed by atoms with E-state index in [0.717, 1.165) is 67.1 Å². The van der Waals surface area contributed by atoms with Crippen molar-refractivity contribution in [2.45, 2.75) is 38.0 Å². The van der Waals surface area contributed by atoms with Crippen LogP contribution in [0.25, 0.3) is 33.5 Å². The highest BCUT2D eigenvalue weighted by atomic mass is 15.1. The van der Waals surface area contributed by atoms with Crippen LogP contribution < -0.4 is 10.2 Å². The van der Waals surface area contributed by atoms with Crippen molar-refractivity contribution < 1.29 is 0 Å². The van der Waals surface area contributed by atoms with Gasteiger partial charge in [-0.25, -0.2) is 9.97 Å². The summed E-state index contributed by atoms with van der Waals surface area (Å²) in [5.74, 6) is 0.522. The molecule has 7 nitrogen and oxygen atoms in total. The Morgan fingerprint density at radius 1 is 1.00 bits per heavy atom. The number of rotatable bonds is 3. The summed E-state index contributed by atoms with van der Waals surface area (Å²) in [4.78, 5) is 15.6. The molecule has 0 atom stereocenters. The fourth-order valence-corrected chi connectivity index (χ4v) is 5.00. The van der Waals surface area contributed by atoms with Gasteiger partial charge >= 0.3 is 0 Å². The quantitative estimate of drug-likeness (QED) is 0.484. The van der Waals surface area contributed by atoms with E-state index in [1.54, 1.807) is 0 Å². The van der Waals surface area contributed by atoms with Crippen molar-refractivity contribution in [3.05, 3.63) is 36.2 Å². The second-order valence-corrected chi connectivity index (χ2v) is 8.55. The summed E-state index contributed by atoms with van der Waals surface area (Å²) in [6.07, 6.45) is 8.03. The van der Waals surface area contributed by atoms with Crippen molar-refractivity contribution >= 4 is 27.8 Å². The van der Waals surface area contributed by atoms with Gasteiger partial charge in [0.2, 0.25) is 0 Å². The third-order valence-electron chi connectivity index (χ3n) is 6.65. The van der Waals surface area contributed by atoms with E-state index in [-0.39, 0.29) is 0 Å². The number of nitrogens with zero attached hydrogens (tertiary/aromatic N) is 4. The topological polar surface area (TPSA) is 85.5 Å². The Bertz CT molecular complexity index is 1180. The molecule has 0 unspecified atom stereocenters. The van der Waals surface area contributed by atoms with Crippen molar-refractivity contribution in [2.75, 3.05) is 31.1 Å². The molecule has 6 rings (SSSR count). The van der Waals surface area contributed by atoms with Crippen LogP contribution >= 0.6 is 0 Å². The minimum atomic E-state index is 0.522. The Labute approximate surface area is 175 Å². The summed E-state index contributed by atoms with van der Waals surface area (Å²) in [7, 11) is 0. The highest BCUT2D eigenvalue weighted by Crippen LogP contribution is 2.34. The minimum Gasteiger partial charge on any atom is -0.371 e. The lowest BCUT2D eigenvalue weighted by molar-refractivity contribution is 0.454. The Balaban J connectivity index is 1.42. The third kappa shape index (κ3) is 3.04. The normalized spacial score (nSPS) is 18.5. The van der Waals surface area contributed by atoms with Gasteiger partial charge in [-0.2, -0.15) is 5.10 Å². The molecule has 0 aromatic carbocycles. The van der Waals surface area contributed by atoms with Crippen LogP contribution in [0.1, 0.15) is 43.7 Å². The first-order valence-corrected chi connectivity index (χ1v) is 11.2. The highest BCUT2D eigenvalue weighted by Gasteiger charge is 2.21. The molecule has 0 radical (unpaired) electrons. The maximum Gasteiger partial charge on any atom is 0.139 e. The molecule has 0 amide bonds. The van der Waals surface area contributed by atoms with Crippen LogP contribution in [0.2, 0.25) is 0 Å². The molecule has 0 spiro atoms. The van der Waals surface area contributed by atoms with Crippen LogP contribution in [-0.4, -0.2) is 51.3 Å². The molecule has 0 saturated carbocycles. The van der Waals surface area contributed by atoms with E-state index in [4.69, 9.17) is 4.98 Å². The summed E-state index contributed by atoms with van der Waals surface area (Å²) in [6.45, 7) is 4.36. The van der Waals surface area contributed by atoms with Crippen LogP contribution in [0.5, 0.6) is 0 Å². The van der Waals surface area contributed by atoms with Crippen molar-refractivity contribution in [3.63, 3.8) is 0 Å². The number of anilines is 1. The van der Waals surface area contributed by atoms with E-state index in [9.17, 15) is 0 Å². The van der Waals surface area contributed by atoms with Gasteiger partial charge in [0.25, 0.3) is 0 Å². The second kappa shape index (κ2) is 7.40. The number of piperidine rings is 2. The monoisotopic (exact) mass is 401 g/mol. The zero-order chi connectivity index (χ0) is 19.9. The number of aromatic amines is 2. The molecule has 2 fully saturated rings. The molecule has 2 aliphatic heterocycles. The smallest absolute Gasteiger partial charge is 0.139 e. The summed E-state index contributed by atoms with van der Waals surface area (Å²) in [6, 6.07) is 8.61. The second-order valence-electron chi connectivity index (χ2n) is 8.55. The Morgan fingerprint density at radius 3 is 2.73 bits per heavy atom. The lowest BCUT2D eigenvalue weighted by Crippen LogP contribution is -2.29. The van der Waals surface area contributed by atoms with Gasteiger partial charge in [-0.1, -0.05) is 0 Å². The average molecular weight is 402 g/mol. The van der Waals surface area contributed by atoms with Crippen molar-refractivity contribution in [1.29, 1.82) is 0 Å². The largest absolute Gasteiger partial charge is 0.371 e. The predicted octanol–water partition coefficient (Wildman–Crippen LogP) is 3.96. The van der Waals surface area contributed by atoms with Crippen LogP contribution in [0.3, 0.4) is 0 Å². The Hall–Kier alpha value is -2.93. The van der Waals surface area contributed by atoms with E-state index in [2.05, 4.69) is 54.6 Å². The van der Waals surface area contributed by atoms with Gasteiger partial charge in [0.05, 0.1) is 11.2 Å². The molecule has 2 aliphatic rings. The van der Waals surface area contributed by atoms with Gasteiger partial charge in [0.1, 0.15) is 16.9 Å². The number of hydrogen-bond donors (Lipinski definition) is 3. The van der Waals surface area contributed by atoms with Crippen LogP contribution in [0, 0.1) is 0 Å². The predicted molar refractivity (Wildman–Crippen MR) is 120 cm³/mol. The summed E-state index contributed by atoms with van der Waals surface area (Å²) < 4.78 is 0. The molecule has 2 saturated heterocycles. The van der Waals surface area contributed by atoms with E-state index in [0.29, 0.717) is 5.92 Å². The molecule has 7 heteroatoms. The zero-order valence-electron chi connectivity index (χ0n) is 17.1. The molecular weight excluding hydrogens is 374 g/mol. The van der Waals surface area contributed by atoms with Gasteiger partial charge in [-0.05, 0) is 69.5 Å². The third-order valence-corrected chi connectivity index (χ3v) is 6.65. The maximum absolute atomic E-state index is 5.05. The molecule has 3 N–H and O–H groups in total. The fraction of sp³-hybridized carbons (Fsp3) is 0.435. The highest BCUT2D eigenvalue weighted by molar-refractivity contribution is 5.97. The van der Waals surface area contributed by atoms with Crippen molar-refractivity contribution in [1.82, 2.24) is 30.5 Å². The molecule has 6 heterocycles. The summed E-state index contributed by atoms with van der Waals surface area (Å²) >= 11 is 0. The minimum absolute atomic E-state index is 0.522. The zero-order valence-corrected chi connectivity index (χ0v) is 17.1. The number of hydrogen-bond acceptors (Lipinski definition) is 5. The van der Waals surface area contributed by atoms with E-state index in [1.807, 2.05) is 6.20 Å². The maximum atomic E-state index is 5.05. The molecular formula is C23H27N7. The number of nitrogens with one attached hydrogen (secondary N) is 3. The van der Waals surface area contributed by atoms with Gasteiger partial charge in [-0.3, -0.25) is 5.10 Å². The first-order chi connectivity index (χ1) is 14.9. The standard InChI is InChI=1S/C23H27N7/c1-2-12-30(13-3-1)20-8-11-25-23-16(20)14-19(27-23)22-21-18(28-29-22)5-4-17(26-21)15-6-9-24-10-7-15/h4-5,8,11,14-15,24H,1-3,6-7,9-10,12-13H2,(H,25,27)(H,28,29). The van der Waals surface area contributed by atoms with Crippen LogP contribution in [0.4, 0.5) is 5.69 Å². The molecule has 4 aromatic rings. The SMILES string of the molecule is c1cc(N2CCCCC2)c2cc(-c3n[nH]c4ccc(C5CCNCC5)nc34)[nH]c2n1. The van der Waals surface area contributed by atoms with Gasteiger partial charge in [-0.15, -0.1) is 0 Å². The van der Waals surface area contributed by atoms with Gasteiger partial charge in [0, 0.05) is 42.0 Å². The number of fused-ring (bicyclic) bond motifs is 2. The van der Waals surface area contributed by atoms with Crippen molar-refractivity contribution in [2.24, 2.45) is 0 Å². The first kappa shape index (κ1) is 17.9. The van der Waals surface area contributed by atoms with E-state index in [1.165, 1.54) is 36.0 Å². The molecule has 0 aliphatic carbocycles. The molecule has 154 valence electrons. The summed E-state index contributed by atoms with van der Waals surface area (Å²) in [5.41, 5.74) is 7.13. The first-order valence-electron chi connectivity index (χ1n) is 11.2.